The molecule has 0 radical (unpaired) electrons. The predicted molar refractivity (Wildman–Crippen MR) is 73.6 cm³/mol. The Kier molecular flexibility index (Phi) is 5.87. The van der Waals surface area contributed by atoms with Crippen molar-refractivity contribution in [3.8, 4) is 0 Å². The van der Waals surface area contributed by atoms with E-state index in [0.29, 0.717) is 23.9 Å². The first kappa shape index (κ1) is 15.2. The van der Waals surface area contributed by atoms with Crippen LogP contribution in [0, 0.1) is 0 Å². The van der Waals surface area contributed by atoms with E-state index in [-0.39, 0.29) is 23.7 Å². The van der Waals surface area contributed by atoms with Gasteiger partial charge in [0.2, 0.25) is 0 Å². The minimum absolute atomic E-state index is 0.0460. The van der Waals surface area contributed by atoms with Crippen molar-refractivity contribution in [3.63, 3.8) is 0 Å². The smallest absolute Gasteiger partial charge is 0.321 e. The number of hydrogen-bond acceptors (Lipinski definition) is 5. The van der Waals surface area contributed by atoms with E-state index in [4.69, 9.17) is 22.1 Å². The lowest BCUT2D eigenvalue weighted by Gasteiger charge is -2.23. The van der Waals surface area contributed by atoms with Gasteiger partial charge in [-0.15, -0.1) is 0 Å². The van der Waals surface area contributed by atoms with Gasteiger partial charge in [0.25, 0.3) is 0 Å². The number of thiocarbonyl (C=S) groups is 1. The quantitative estimate of drug-likeness (QED) is 0.587. The monoisotopic (exact) mass is 291 g/mol. The van der Waals surface area contributed by atoms with Crippen LogP contribution < -0.4 is 0 Å². The molecule has 1 N–H and O–H groups in total. The Morgan fingerprint density at radius 1 is 1.56 bits per heavy atom. The summed E-state index contributed by atoms with van der Waals surface area (Å²) >= 11 is 6.53. The molecule has 1 rings (SSSR count). The van der Waals surface area contributed by atoms with E-state index in [1.165, 1.54) is 11.8 Å². The van der Waals surface area contributed by atoms with Crippen LogP contribution in [0.2, 0.25) is 0 Å². The number of carbonyl (C=O) groups excluding carboxylic acids is 1. The summed E-state index contributed by atoms with van der Waals surface area (Å²) in [6.07, 6.45) is 0.635. The molecule has 18 heavy (non-hydrogen) atoms. The normalized spacial score (nSPS) is 23.2. The highest BCUT2D eigenvalue weighted by Crippen LogP contribution is 2.32. The van der Waals surface area contributed by atoms with Crippen molar-refractivity contribution in [2.24, 2.45) is 0 Å². The van der Waals surface area contributed by atoms with Crippen LogP contribution in [0.15, 0.2) is 0 Å². The zero-order chi connectivity index (χ0) is 13.7. The second-order valence-electron chi connectivity index (χ2n) is 3.99. The van der Waals surface area contributed by atoms with E-state index in [1.807, 2.05) is 11.8 Å². The van der Waals surface area contributed by atoms with Gasteiger partial charge >= 0.3 is 11.9 Å². The topological polar surface area (TPSA) is 66.8 Å². The Bertz CT molecular complexity index is 348. The Labute approximate surface area is 116 Å². The molecule has 1 heterocycles. The molecule has 0 aromatic heterocycles. The Morgan fingerprint density at radius 2 is 2.22 bits per heavy atom. The SMILES string of the molecule is CCOC(=O)C1SC(=S)N(CCCC(=O)O)C1C. The average molecular weight is 291 g/mol. The minimum atomic E-state index is -0.817. The van der Waals surface area contributed by atoms with Gasteiger partial charge in [0.15, 0.2) is 0 Å². The molecule has 7 heteroatoms. The Hall–Kier alpha value is -0.820. The molecule has 0 aromatic carbocycles. The lowest BCUT2D eigenvalue weighted by molar-refractivity contribution is -0.143. The van der Waals surface area contributed by atoms with E-state index in [1.54, 1.807) is 6.92 Å². The first-order valence-electron chi connectivity index (χ1n) is 5.83. The van der Waals surface area contributed by atoms with E-state index < -0.39 is 5.97 Å². The van der Waals surface area contributed by atoms with Gasteiger partial charge in [-0.1, -0.05) is 24.0 Å². The molecule has 5 nitrogen and oxygen atoms in total. The summed E-state index contributed by atoms with van der Waals surface area (Å²) in [5.74, 6) is -1.07. The summed E-state index contributed by atoms with van der Waals surface area (Å²) < 4.78 is 5.64. The van der Waals surface area contributed by atoms with Gasteiger partial charge in [-0.05, 0) is 20.3 Å². The minimum Gasteiger partial charge on any atom is -0.481 e. The maximum absolute atomic E-state index is 11.7. The van der Waals surface area contributed by atoms with Crippen LogP contribution in [0.25, 0.3) is 0 Å². The summed E-state index contributed by atoms with van der Waals surface area (Å²) in [4.78, 5) is 24.1. The fraction of sp³-hybridized carbons (Fsp3) is 0.727. The summed E-state index contributed by atoms with van der Waals surface area (Å²) in [5.41, 5.74) is 0. The van der Waals surface area contributed by atoms with Crippen molar-refractivity contribution in [1.82, 2.24) is 4.90 Å². The number of nitrogens with zero attached hydrogens (tertiary/aromatic N) is 1. The average Bonchev–Trinajstić information content (AvgIpc) is 2.56. The molecule has 0 bridgehead atoms. The molecule has 0 amide bonds. The van der Waals surface area contributed by atoms with Crippen molar-refractivity contribution in [1.29, 1.82) is 0 Å². The molecule has 0 spiro atoms. The van der Waals surface area contributed by atoms with E-state index >= 15 is 0 Å². The van der Waals surface area contributed by atoms with E-state index in [9.17, 15) is 9.59 Å². The molecule has 102 valence electrons. The summed E-state index contributed by atoms with van der Waals surface area (Å²) in [5, 5.41) is 8.30. The highest BCUT2D eigenvalue weighted by Gasteiger charge is 2.40. The molecule has 2 unspecified atom stereocenters. The van der Waals surface area contributed by atoms with Crippen molar-refractivity contribution >= 4 is 40.2 Å². The Morgan fingerprint density at radius 3 is 2.78 bits per heavy atom. The van der Waals surface area contributed by atoms with Gasteiger partial charge in [0, 0.05) is 13.0 Å². The third kappa shape index (κ3) is 3.84. The molecule has 0 aromatic rings. The maximum Gasteiger partial charge on any atom is 0.321 e. The molecule has 1 saturated heterocycles. The summed E-state index contributed by atoms with van der Waals surface area (Å²) in [6.45, 7) is 4.60. The fourth-order valence-corrected chi connectivity index (χ4v) is 3.46. The van der Waals surface area contributed by atoms with Gasteiger partial charge in [0.1, 0.15) is 9.57 Å². The predicted octanol–water partition coefficient (Wildman–Crippen LogP) is 1.51. The van der Waals surface area contributed by atoms with Gasteiger partial charge in [-0.3, -0.25) is 9.59 Å². The summed E-state index contributed by atoms with van der Waals surface area (Å²) in [6, 6.07) is -0.0460. The van der Waals surface area contributed by atoms with Crippen LogP contribution in [0.4, 0.5) is 0 Å². The highest BCUT2D eigenvalue weighted by atomic mass is 32.2. The van der Waals surface area contributed by atoms with Crippen LogP contribution in [-0.2, 0) is 14.3 Å². The zero-order valence-electron chi connectivity index (χ0n) is 10.4. The highest BCUT2D eigenvalue weighted by molar-refractivity contribution is 8.24. The van der Waals surface area contributed by atoms with Crippen molar-refractivity contribution in [2.75, 3.05) is 13.2 Å². The molecule has 1 aliphatic rings. The third-order valence-electron chi connectivity index (χ3n) is 2.70. The van der Waals surface area contributed by atoms with E-state index in [2.05, 4.69) is 0 Å². The number of carboxylic acids is 1. The van der Waals surface area contributed by atoms with Crippen molar-refractivity contribution < 1.29 is 19.4 Å². The number of carboxylic acid groups (broad SMARTS) is 1. The molecule has 1 aliphatic heterocycles. The lowest BCUT2D eigenvalue weighted by atomic mass is 10.2. The van der Waals surface area contributed by atoms with Crippen molar-refractivity contribution in [2.45, 2.75) is 38.0 Å². The van der Waals surface area contributed by atoms with Crippen LogP contribution >= 0.6 is 24.0 Å². The van der Waals surface area contributed by atoms with Crippen molar-refractivity contribution in [3.05, 3.63) is 0 Å². The lowest BCUT2D eigenvalue weighted by Crippen LogP contribution is -2.38. The van der Waals surface area contributed by atoms with Crippen LogP contribution in [0.5, 0.6) is 0 Å². The van der Waals surface area contributed by atoms with Gasteiger partial charge < -0.3 is 14.7 Å². The number of thioether (sulfide) groups is 1. The molecule has 0 aliphatic carbocycles. The number of esters is 1. The standard InChI is InChI=1S/C11H17NO4S2/c1-3-16-10(15)9-7(2)12(11(17)18-9)6-4-5-8(13)14/h7,9H,3-6H2,1-2H3,(H,13,14). The molecule has 2 atom stereocenters. The molecule has 1 fully saturated rings. The zero-order valence-corrected chi connectivity index (χ0v) is 12.1. The second-order valence-corrected chi connectivity index (χ2v) is 5.76. The second kappa shape index (κ2) is 6.94. The number of carbonyl (C=O) groups is 2. The number of rotatable bonds is 6. The number of ether oxygens (including phenoxy) is 1. The first-order valence-corrected chi connectivity index (χ1v) is 7.11. The van der Waals surface area contributed by atoms with Gasteiger partial charge in [-0.25, -0.2) is 0 Å². The van der Waals surface area contributed by atoms with Crippen LogP contribution in [0.3, 0.4) is 0 Å². The summed E-state index contributed by atoms with van der Waals surface area (Å²) in [7, 11) is 0. The maximum atomic E-state index is 11.7. The third-order valence-corrected chi connectivity index (χ3v) is 4.50. The van der Waals surface area contributed by atoms with Crippen LogP contribution in [0.1, 0.15) is 26.7 Å². The molecule has 0 saturated carbocycles. The first-order chi connectivity index (χ1) is 8.47. The van der Waals surface area contributed by atoms with Crippen LogP contribution in [-0.4, -0.2) is 50.7 Å². The van der Waals surface area contributed by atoms with Gasteiger partial charge in [-0.2, -0.15) is 0 Å². The number of hydrogen-bond donors (Lipinski definition) is 1. The van der Waals surface area contributed by atoms with Gasteiger partial charge in [0.05, 0.1) is 12.6 Å². The molecular weight excluding hydrogens is 274 g/mol. The number of aliphatic carboxylic acids is 1. The fourth-order valence-electron chi connectivity index (χ4n) is 1.77. The largest absolute Gasteiger partial charge is 0.481 e. The Balaban J connectivity index is 2.53. The van der Waals surface area contributed by atoms with E-state index in [0.717, 1.165) is 0 Å². The molecular formula is C11H17NO4S2.